The molecule has 3 rings (SSSR count). The van der Waals surface area contributed by atoms with Crippen LogP contribution in [0.25, 0.3) is 22.4 Å². The number of hydrogen-bond acceptors (Lipinski definition) is 2. The maximum atomic E-state index is 9.84. The van der Waals surface area contributed by atoms with Crippen molar-refractivity contribution < 1.29 is 5.11 Å². The standard InChI is InChI=1S/C13H8BrClN2O/c14-7-1-3-10-11(5-7)17-13(16-10)9-6-8(15)2-4-12(9)18/h1-6,18H,(H,16,17). The number of H-pyrrole nitrogens is 1. The number of rotatable bonds is 1. The van der Waals surface area contributed by atoms with E-state index in [0.717, 1.165) is 15.5 Å². The second-order valence-electron chi connectivity index (χ2n) is 3.91. The lowest BCUT2D eigenvalue weighted by molar-refractivity contribution is 0.477. The Hall–Kier alpha value is -1.52. The third-order valence-electron chi connectivity index (χ3n) is 2.66. The van der Waals surface area contributed by atoms with Crippen molar-refractivity contribution in [2.75, 3.05) is 0 Å². The molecule has 1 aromatic heterocycles. The topological polar surface area (TPSA) is 48.9 Å². The summed E-state index contributed by atoms with van der Waals surface area (Å²) in [6.45, 7) is 0. The van der Waals surface area contributed by atoms with Crippen molar-refractivity contribution in [3.63, 3.8) is 0 Å². The van der Waals surface area contributed by atoms with Gasteiger partial charge < -0.3 is 10.1 Å². The monoisotopic (exact) mass is 322 g/mol. The van der Waals surface area contributed by atoms with Gasteiger partial charge in [-0.2, -0.15) is 0 Å². The quantitative estimate of drug-likeness (QED) is 0.699. The lowest BCUT2D eigenvalue weighted by Crippen LogP contribution is -1.81. The maximum absolute atomic E-state index is 9.84. The third kappa shape index (κ3) is 1.98. The number of aromatic nitrogens is 2. The molecule has 2 aromatic carbocycles. The number of phenols is 1. The zero-order chi connectivity index (χ0) is 12.7. The van der Waals surface area contributed by atoms with Crippen molar-refractivity contribution in [3.8, 4) is 17.1 Å². The number of fused-ring (bicyclic) bond motifs is 1. The summed E-state index contributed by atoms with van der Waals surface area (Å²) in [5.74, 6) is 0.751. The minimum Gasteiger partial charge on any atom is -0.507 e. The molecule has 0 aliphatic heterocycles. The molecule has 0 radical (unpaired) electrons. The van der Waals surface area contributed by atoms with Gasteiger partial charge in [0.2, 0.25) is 0 Å². The van der Waals surface area contributed by atoms with Gasteiger partial charge in [0.15, 0.2) is 0 Å². The van der Waals surface area contributed by atoms with Gasteiger partial charge in [0.25, 0.3) is 0 Å². The van der Waals surface area contributed by atoms with Crippen molar-refractivity contribution in [1.82, 2.24) is 9.97 Å². The largest absolute Gasteiger partial charge is 0.507 e. The molecular formula is C13H8BrClN2O. The summed E-state index contributed by atoms with van der Waals surface area (Å²) in [6.07, 6.45) is 0. The molecule has 2 N–H and O–H groups in total. The summed E-state index contributed by atoms with van der Waals surface area (Å²) < 4.78 is 0.973. The van der Waals surface area contributed by atoms with E-state index in [1.807, 2.05) is 18.2 Å². The van der Waals surface area contributed by atoms with Crippen molar-refractivity contribution >= 4 is 38.6 Å². The Morgan fingerprint density at radius 1 is 1.17 bits per heavy atom. The van der Waals surface area contributed by atoms with Crippen molar-refractivity contribution in [1.29, 1.82) is 0 Å². The first-order valence-electron chi connectivity index (χ1n) is 5.27. The fraction of sp³-hybridized carbons (Fsp3) is 0. The third-order valence-corrected chi connectivity index (χ3v) is 3.39. The van der Waals surface area contributed by atoms with Gasteiger partial charge in [-0.25, -0.2) is 4.98 Å². The van der Waals surface area contributed by atoms with E-state index >= 15 is 0 Å². The van der Waals surface area contributed by atoms with Crippen LogP contribution in [0.15, 0.2) is 40.9 Å². The first-order valence-corrected chi connectivity index (χ1v) is 6.45. The highest BCUT2D eigenvalue weighted by Crippen LogP contribution is 2.31. The van der Waals surface area contributed by atoms with E-state index in [2.05, 4.69) is 25.9 Å². The molecule has 0 atom stereocenters. The number of halogens is 2. The Kier molecular flexibility index (Phi) is 2.76. The number of phenolic OH excluding ortho intramolecular Hbond substituents is 1. The van der Waals surface area contributed by atoms with E-state index in [9.17, 15) is 5.11 Å². The van der Waals surface area contributed by atoms with Crippen molar-refractivity contribution in [2.24, 2.45) is 0 Å². The molecule has 0 amide bonds. The molecule has 3 aromatic rings. The smallest absolute Gasteiger partial charge is 0.142 e. The number of benzene rings is 2. The van der Waals surface area contributed by atoms with Crippen LogP contribution in [0.5, 0.6) is 5.75 Å². The van der Waals surface area contributed by atoms with Crippen LogP contribution in [0.3, 0.4) is 0 Å². The van der Waals surface area contributed by atoms with E-state index in [4.69, 9.17) is 11.6 Å². The lowest BCUT2D eigenvalue weighted by atomic mass is 10.2. The van der Waals surface area contributed by atoms with Gasteiger partial charge in [-0.1, -0.05) is 27.5 Å². The van der Waals surface area contributed by atoms with Crippen LogP contribution in [0.1, 0.15) is 0 Å². The molecule has 0 spiro atoms. The van der Waals surface area contributed by atoms with Crippen LogP contribution in [0.4, 0.5) is 0 Å². The average Bonchev–Trinajstić information content (AvgIpc) is 2.74. The summed E-state index contributed by atoms with van der Waals surface area (Å²) >= 11 is 9.34. The molecule has 0 aliphatic rings. The average molecular weight is 324 g/mol. The minimum absolute atomic E-state index is 0.150. The van der Waals surface area contributed by atoms with Gasteiger partial charge in [0.1, 0.15) is 11.6 Å². The molecule has 1 heterocycles. The molecular weight excluding hydrogens is 316 g/mol. The molecule has 5 heteroatoms. The van der Waals surface area contributed by atoms with Gasteiger partial charge in [-0.05, 0) is 36.4 Å². The molecule has 0 bridgehead atoms. The second-order valence-corrected chi connectivity index (χ2v) is 5.26. The zero-order valence-corrected chi connectivity index (χ0v) is 11.5. The van der Waals surface area contributed by atoms with E-state index in [0.29, 0.717) is 16.4 Å². The number of nitrogens with one attached hydrogen (secondary N) is 1. The van der Waals surface area contributed by atoms with Gasteiger partial charge in [-0.3, -0.25) is 0 Å². The molecule has 0 fully saturated rings. The summed E-state index contributed by atoms with van der Waals surface area (Å²) in [4.78, 5) is 7.59. The summed E-state index contributed by atoms with van der Waals surface area (Å²) in [5.41, 5.74) is 2.33. The SMILES string of the molecule is Oc1ccc(Cl)cc1-c1nc2ccc(Br)cc2[nH]1. The minimum atomic E-state index is 0.150. The number of aromatic hydroxyl groups is 1. The summed E-state index contributed by atoms with van der Waals surface area (Å²) in [5, 5.41) is 10.4. The van der Waals surface area contributed by atoms with Crippen molar-refractivity contribution in [3.05, 3.63) is 45.9 Å². The Morgan fingerprint density at radius 2 is 2.00 bits per heavy atom. The maximum Gasteiger partial charge on any atom is 0.142 e. The van der Waals surface area contributed by atoms with Gasteiger partial charge >= 0.3 is 0 Å². The Morgan fingerprint density at radius 3 is 2.83 bits per heavy atom. The highest BCUT2D eigenvalue weighted by atomic mass is 79.9. The van der Waals surface area contributed by atoms with E-state index in [1.54, 1.807) is 18.2 Å². The highest BCUT2D eigenvalue weighted by molar-refractivity contribution is 9.10. The predicted octanol–water partition coefficient (Wildman–Crippen LogP) is 4.35. The normalized spacial score (nSPS) is 11.0. The van der Waals surface area contributed by atoms with E-state index in [-0.39, 0.29) is 5.75 Å². The van der Waals surface area contributed by atoms with E-state index in [1.165, 1.54) is 0 Å². The molecule has 18 heavy (non-hydrogen) atoms. The first kappa shape index (κ1) is 11.6. The fourth-order valence-electron chi connectivity index (χ4n) is 1.81. The van der Waals surface area contributed by atoms with Gasteiger partial charge in [0.05, 0.1) is 16.6 Å². The molecule has 90 valence electrons. The Balaban J connectivity index is 2.22. The molecule has 0 aliphatic carbocycles. The van der Waals surface area contributed by atoms with Crippen LogP contribution in [-0.4, -0.2) is 15.1 Å². The Labute approximate surface area is 117 Å². The summed E-state index contributed by atoms with van der Waals surface area (Å²) in [7, 11) is 0. The van der Waals surface area contributed by atoms with Crippen LogP contribution in [0, 0.1) is 0 Å². The number of imidazole rings is 1. The second kappa shape index (κ2) is 4.30. The fourth-order valence-corrected chi connectivity index (χ4v) is 2.34. The van der Waals surface area contributed by atoms with Gasteiger partial charge in [-0.15, -0.1) is 0 Å². The number of hydrogen-bond donors (Lipinski definition) is 2. The molecule has 0 saturated carbocycles. The zero-order valence-electron chi connectivity index (χ0n) is 9.11. The molecule has 3 nitrogen and oxygen atoms in total. The van der Waals surface area contributed by atoms with Crippen LogP contribution in [0.2, 0.25) is 5.02 Å². The molecule has 0 saturated heterocycles. The van der Waals surface area contributed by atoms with Crippen LogP contribution >= 0.6 is 27.5 Å². The summed E-state index contributed by atoms with van der Waals surface area (Å²) in [6, 6.07) is 10.6. The Bertz CT molecular complexity index is 739. The van der Waals surface area contributed by atoms with Crippen LogP contribution < -0.4 is 0 Å². The van der Waals surface area contributed by atoms with Crippen molar-refractivity contribution in [2.45, 2.75) is 0 Å². The lowest BCUT2D eigenvalue weighted by Gasteiger charge is -2.00. The first-order chi connectivity index (χ1) is 8.63. The number of nitrogens with zero attached hydrogens (tertiary/aromatic N) is 1. The van der Waals surface area contributed by atoms with Crippen LogP contribution in [-0.2, 0) is 0 Å². The van der Waals surface area contributed by atoms with E-state index < -0.39 is 0 Å². The predicted molar refractivity (Wildman–Crippen MR) is 75.9 cm³/mol. The number of aromatic amines is 1. The molecule has 0 unspecified atom stereocenters. The highest BCUT2D eigenvalue weighted by Gasteiger charge is 2.10. The van der Waals surface area contributed by atoms with Gasteiger partial charge in [0, 0.05) is 9.50 Å².